The van der Waals surface area contributed by atoms with Crippen molar-refractivity contribution in [3.8, 4) is 0 Å². The van der Waals surface area contributed by atoms with Crippen molar-refractivity contribution in [3.05, 3.63) is 64.2 Å². The molecular formula is C13H12N2O4S. The number of sulfonamides is 1. The fourth-order valence-electron chi connectivity index (χ4n) is 1.69. The van der Waals surface area contributed by atoms with Crippen LogP contribution in [-0.4, -0.2) is 13.3 Å². The van der Waals surface area contributed by atoms with Gasteiger partial charge in [0, 0.05) is 6.07 Å². The molecule has 0 fully saturated rings. The Balaban J connectivity index is 2.44. The van der Waals surface area contributed by atoms with Crippen molar-refractivity contribution in [1.82, 2.24) is 0 Å². The number of hydrogen-bond acceptors (Lipinski definition) is 4. The lowest BCUT2D eigenvalue weighted by Crippen LogP contribution is -2.14. The molecule has 2 aromatic rings. The Morgan fingerprint density at radius 3 is 2.35 bits per heavy atom. The molecule has 20 heavy (non-hydrogen) atoms. The first-order valence-electron chi connectivity index (χ1n) is 5.73. The van der Waals surface area contributed by atoms with Gasteiger partial charge in [0.25, 0.3) is 15.7 Å². The van der Waals surface area contributed by atoms with Gasteiger partial charge in [-0.05, 0) is 30.7 Å². The summed E-state index contributed by atoms with van der Waals surface area (Å²) >= 11 is 0. The normalized spacial score (nSPS) is 11.1. The van der Waals surface area contributed by atoms with Crippen LogP contribution in [0.15, 0.2) is 53.4 Å². The largest absolute Gasteiger partial charge is 0.293 e. The first-order chi connectivity index (χ1) is 9.40. The van der Waals surface area contributed by atoms with Gasteiger partial charge in [0.05, 0.1) is 9.82 Å². The van der Waals surface area contributed by atoms with Gasteiger partial charge in [0.1, 0.15) is 5.69 Å². The highest BCUT2D eigenvalue weighted by Crippen LogP contribution is 2.27. The van der Waals surface area contributed by atoms with Crippen LogP contribution in [0.1, 0.15) is 5.56 Å². The predicted molar refractivity (Wildman–Crippen MR) is 75.1 cm³/mol. The summed E-state index contributed by atoms with van der Waals surface area (Å²) in [4.78, 5) is 10.4. The average molecular weight is 292 g/mol. The van der Waals surface area contributed by atoms with E-state index in [1.807, 2.05) is 0 Å². The molecule has 0 bridgehead atoms. The minimum absolute atomic E-state index is 0.0427. The highest BCUT2D eigenvalue weighted by molar-refractivity contribution is 7.92. The smallest absolute Gasteiger partial charge is 0.273 e. The Bertz CT molecular complexity index is 742. The van der Waals surface area contributed by atoms with Crippen molar-refractivity contribution in [2.24, 2.45) is 0 Å². The predicted octanol–water partition coefficient (Wildman–Crippen LogP) is 2.70. The highest BCUT2D eigenvalue weighted by Gasteiger charge is 2.20. The lowest BCUT2D eigenvalue weighted by Gasteiger charge is -2.09. The van der Waals surface area contributed by atoms with Crippen molar-refractivity contribution in [1.29, 1.82) is 0 Å². The minimum Gasteiger partial charge on any atom is -0.273 e. The zero-order valence-electron chi connectivity index (χ0n) is 10.6. The van der Waals surface area contributed by atoms with E-state index in [9.17, 15) is 18.5 Å². The molecule has 2 rings (SSSR count). The molecule has 1 N–H and O–H groups in total. The maximum atomic E-state index is 12.2. The van der Waals surface area contributed by atoms with E-state index in [0.29, 0.717) is 0 Å². The number of nitrogens with one attached hydrogen (secondary N) is 1. The summed E-state index contributed by atoms with van der Waals surface area (Å²) in [6, 6.07) is 12.0. The van der Waals surface area contributed by atoms with Crippen molar-refractivity contribution in [3.63, 3.8) is 0 Å². The molecule has 6 nitrogen and oxygen atoms in total. The van der Waals surface area contributed by atoms with Crippen molar-refractivity contribution in [2.45, 2.75) is 11.8 Å². The van der Waals surface area contributed by atoms with Crippen LogP contribution in [0.5, 0.6) is 0 Å². The summed E-state index contributed by atoms with van der Waals surface area (Å²) in [7, 11) is -3.84. The van der Waals surface area contributed by atoms with Gasteiger partial charge in [-0.25, -0.2) is 8.42 Å². The standard InChI is InChI=1S/C13H12N2O4S/c1-10-7-8-13(15(16)17)12(9-10)14-20(18,19)11-5-3-2-4-6-11/h2-9,14H,1H3. The molecule has 0 aliphatic heterocycles. The number of anilines is 1. The maximum absolute atomic E-state index is 12.2. The number of rotatable bonds is 4. The lowest BCUT2D eigenvalue weighted by molar-refractivity contribution is -0.383. The Kier molecular flexibility index (Phi) is 3.71. The molecule has 0 unspecified atom stereocenters. The third-order valence-electron chi connectivity index (χ3n) is 2.65. The second-order valence-electron chi connectivity index (χ2n) is 4.20. The van der Waals surface area contributed by atoms with Gasteiger partial charge in [-0.1, -0.05) is 24.3 Å². The number of aryl methyl sites for hydroxylation is 1. The summed E-state index contributed by atoms with van der Waals surface area (Å²) in [5, 5.41) is 10.9. The van der Waals surface area contributed by atoms with Gasteiger partial charge in [-0.3, -0.25) is 14.8 Å². The molecule has 0 atom stereocenters. The Morgan fingerprint density at radius 1 is 1.10 bits per heavy atom. The quantitative estimate of drug-likeness (QED) is 0.693. The van der Waals surface area contributed by atoms with E-state index in [1.165, 1.54) is 24.3 Å². The van der Waals surface area contributed by atoms with Crippen molar-refractivity contribution >= 4 is 21.4 Å². The van der Waals surface area contributed by atoms with Gasteiger partial charge < -0.3 is 0 Å². The Labute approximate surface area is 116 Å². The van der Waals surface area contributed by atoms with E-state index in [0.717, 1.165) is 5.56 Å². The number of nitro groups is 1. The number of hydrogen-bond donors (Lipinski definition) is 1. The molecule has 0 radical (unpaired) electrons. The topological polar surface area (TPSA) is 89.3 Å². The zero-order valence-corrected chi connectivity index (χ0v) is 11.4. The van der Waals surface area contributed by atoms with Gasteiger partial charge in [0.15, 0.2) is 0 Å². The molecule has 7 heteroatoms. The number of nitrogens with zero attached hydrogens (tertiary/aromatic N) is 1. The van der Waals surface area contributed by atoms with Crippen LogP contribution in [0, 0.1) is 17.0 Å². The molecule has 0 aliphatic rings. The SMILES string of the molecule is Cc1ccc([N+](=O)[O-])c(NS(=O)(=O)c2ccccc2)c1. The van der Waals surface area contributed by atoms with Gasteiger partial charge in [0.2, 0.25) is 0 Å². The van der Waals surface area contributed by atoms with E-state index in [4.69, 9.17) is 0 Å². The second-order valence-corrected chi connectivity index (χ2v) is 5.88. The third kappa shape index (κ3) is 2.94. The summed E-state index contributed by atoms with van der Waals surface area (Å²) in [5.74, 6) is 0. The minimum atomic E-state index is -3.84. The van der Waals surface area contributed by atoms with Crippen molar-refractivity contribution < 1.29 is 13.3 Å². The van der Waals surface area contributed by atoms with E-state index in [1.54, 1.807) is 31.2 Å². The molecular weight excluding hydrogens is 280 g/mol. The van der Waals surface area contributed by atoms with Crippen LogP contribution in [0.25, 0.3) is 0 Å². The zero-order chi connectivity index (χ0) is 14.8. The summed E-state index contributed by atoms with van der Waals surface area (Å²) in [5.41, 5.74) is 0.398. The van der Waals surface area contributed by atoms with Crippen LogP contribution in [0.3, 0.4) is 0 Å². The van der Waals surface area contributed by atoms with Gasteiger partial charge in [-0.2, -0.15) is 0 Å². The number of nitro benzene ring substituents is 1. The van der Waals surface area contributed by atoms with Crippen LogP contribution >= 0.6 is 0 Å². The summed E-state index contributed by atoms with van der Waals surface area (Å²) in [6.45, 7) is 1.73. The first kappa shape index (κ1) is 14.0. The maximum Gasteiger partial charge on any atom is 0.293 e. The van der Waals surface area contributed by atoms with Crippen LogP contribution < -0.4 is 4.72 Å². The van der Waals surface area contributed by atoms with E-state index < -0.39 is 14.9 Å². The molecule has 104 valence electrons. The lowest BCUT2D eigenvalue weighted by atomic mass is 10.2. The second kappa shape index (κ2) is 5.30. The van der Waals surface area contributed by atoms with E-state index in [-0.39, 0.29) is 16.3 Å². The van der Waals surface area contributed by atoms with Gasteiger partial charge in [-0.15, -0.1) is 0 Å². The highest BCUT2D eigenvalue weighted by atomic mass is 32.2. The van der Waals surface area contributed by atoms with E-state index >= 15 is 0 Å². The molecule has 0 heterocycles. The monoisotopic (exact) mass is 292 g/mol. The molecule has 0 spiro atoms. The average Bonchev–Trinajstić information content (AvgIpc) is 2.39. The van der Waals surface area contributed by atoms with Crippen LogP contribution in [0.4, 0.5) is 11.4 Å². The molecule has 0 saturated heterocycles. The van der Waals surface area contributed by atoms with Crippen LogP contribution in [0.2, 0.25) is 0 Å². The molecule has 0 saturated carbocycles. The molecule has 0 amide bonds. The molecule has 0 aromatic heterocycles. The Morgan fingerprint density at radius 2 is 1.75 bits per heavy atom. The summed E-state index contributed by atoms with van der Waals surface area (Å²) < 4.78 is 26.6. The molecule has 0 aliphatic carbocycles. The molecule has 2 aromatic carbocycles. The fraction of sp³-hybridized carbons (Fsp3) is 0.0769. The fourth-order valence-corrected chi connectivity index (χ4v) is 2.78. The van der Waals surface area contributed by atoms with Gasteiger partial charge >= 0.3 is 0 Å². The summed E-state index contributed by atoms with van der Waals surface area (Å²) in [6.07, 6.45) is 0. The van der Waals surface area contributed by atoms with Crippen LogP contribution in [-0.2, 0) is 10.0 Å². The van der Waals surface area contributed by atoms with E-state index in [2.05, 4.69) is 4.72 Å². The Hall–Kier alpha value is -2.41. The number of benzene rings is 2. The third-order valence-corrected chi connectivity index (χ3v) is 4.03. The first-order valence-corrected chi connectivity index (χ1v) is 7.21. The van der Waals surface area contributed by atoms with Crippen molar-refractivity contribution in [2.75, 3.05) is 4.72 Å².